The first kappa shape index (κ1) is 25.5. The van der Waals surface area contributed by atoms with Crippen molar-refractivity contribution >= 4 is 48.0 Å². The van der Waals surface area contributed by atoms with Crippen molar-refractivity contribution in [3.05, 3.63) is 23.2 Å². The van der Waals surface area contributed by atoms with Crippen LogP contribution < -0.4 is 15.8 Å². The van der Waals surface area contributed by atoms with E-state index in [0.29, 0.717) is 29.6 Å². The maximum Gasteiger partial charge on any atom is 0.227 e. The second-order valence-corrected chi connectivity index (χ2v) is 5.55. The number of carbonyl (C=O) groups excluding carboxylic acids is 1. The summed E-state index contributed by atoms with van der Waals surface area (Å²) in [5.41, 5.74) is 6.10. The fraction of sp³-hybridized carbons (Fsp3) is 0.533. The summed E-state index contributed by atoms with van der Waals surface area (Å²) in [5, 5.41) is 3.22. The van der Waals surface area contributed by atoms with E-state index < -0.39 is 0 Å². The van der Waals surface area contributed by atoms with Crippen molar-refractivity contribution in [1.29, 1.82) is 0 Å². The van der Waals surface area contributed by atoms with Crippen LogP contribution in [0.3, 0.4) is 0 Å². The molecule has 0 radical (unpaired) electrons. The summed E-state index contributed by atoms with van der Waals surface area (Å²) in [6.45, 7) is 1.64. The van der Waals surface area contributed by atoms with Gasteiger partial charge in [-0.3, -0.25) is 4.79 Å². The number of anilines is 1. The molecule has 0 heterocycles. The second-order valence-electron chi connectivity index (χ2n) is 5.14. The number of likely N-dealkylation sites (N-methyl/N-ethyl adjacent to an activating group) is 1. The molecule has 0 aliphatic rings. The van der Waals surface area contributed by atoms with Crippen LogP contribution in [0.25, 0.3) is 0 Å². The Morgan fingerprint density at radius 2 is 2.04 bits per heavy atom. The molecule has 1 aromatic rings. The van der Waals surface area contributed by atoms with Crippen LogP contribution >= 0.6 is 36.4 Å². The summed E-state index contributed by atoms with van der Waals surface area (Å²) in [6, 6.07) is 5.15. The fourth-order valence-electron chi connectivity index (χ4n) is 1.72. The van der Waals surface area contributed by atoms with Crippen molar-refractivity contribution in [3.63, 3.8) is 0 Å². The Labute approximate surface area is 160 Å². The molecule has 0 saturated heterocycles. The van der Waals surface area contributed by atoms with Crippen molar-refractivity contribution in [1.82, 2.24) is 4.90 Å². The van der Waals surface area contributed by atoms with E-state index in [0.717, 1.165) is 6.54 Å². The SMILES string of the molecule is COC(CN)CC(=O)Nc1ccc(OCCN(C)C)c(Cl)c1.Cl.Cl. The summed E-state index contributed by atoms with van der Waals surface area (Å²) in [4.78, 5) is 13.9. The number of rotatable bonds is 9. The van der Waals surface area contributed by atoms with Gasteiger partial charge in [0.05, 0.1) is 17.5 Å². The molecule has 1 atom stereocenters. The van der Waals surface area contributed by atoms with Gasteiger partial charge in [-0.15, -0.1) is 24.8 Å². The van der Waals surface area contributed by atoms with Gasteiger partial charge in [-0.25, -0.2) is 0 Å². The van der Waals surface area contributed by atoms with E-state index in [1.54, 1.807) is 18.2 Å². The Morgan fingerprint density at radius 3 is 2.54 bits per heavy atom. The Bertz CT molecular complexity index is 486. The van der Waals surface area contributed by atoms with Crippen LogP contribution in [0.5, 0.6) is 5.75 Å². The summed E-state index contributed by atoms with van der Waals surface area (Å²) >= 11 is 6.15. The van der Waals surface area contributed by atoms with E-state index in [9.17, 15) is 4.79 Å². The highest BCUT2D eigenvalue weighted by molar-refractivity contribution is 6.32. The summed E-state index contributed by atoms with van der Waals surface area (Å²) in [7, 11) is 5.47. The van der Waals surface area contributed by atoms with Crippen LogP contribution in [0.1, 0.15) is 6.42 Å². The number of amides is 1. The zero-order valence-corrected chi connectivity index (χ0v) is 16.5. The van der Waals surface area contributed by atoms with Gasteiger partial charge >= 0.3 is 0 Å². The number of carbonyl (C=O) groups is 1. The fourth-order valence-corrected chi connectivity index (χ4v) is 1.95. The highest BCUT2D eigenvalue weighted by Crippen LogP contribution is 2.27. The van der Waals surface area contributed by atoms with E-state index >= 15 is 0 Å². The minimum Gasteiger partial charge on any atom is -0.491 e. The lowest BCUT2D eigenvalue weighted by Gasteiger charge is -2.14. The lowest BCUT2D eigenvalue weighted by atomic mass is 10.2. The van der Waals surface area contributed by atoms with Gasteiger partial charge in [0.2, 0.25) is 5.91 Å². The second kappa shape index (κ2) is 13.5. The van der Waals surface area contributed by atoms with E-state index in [2.05, 4.69) is 5.32 Å². The van der Waals surface area contributed by atoms with Gasteiger partial charge in [0, 0.05) is 25.9 Å². The Morgan fingerprint density at radius 1 is 1.38 bits per heavy atom. The minimum absolute atomic E-state index is 0. The molecule has 6 nitrogen and oxygen atoms in total. The van der Waals surface area contributed by atoms with Gasteiger partial charge < -0.3 is 25.4 Å². The van der Waals surface area contributed by atoms with E-state index in [4.69, 9.17) is 26.8 Å². The molecule has 140 valence electrons. The van der Waals surface area contributed by atoms with Crippen molar-refractivity contribution in [2.24, 2.45) is 5.73 Å². The number of benzene rings is 1. The number of methoxy groups -OCH3 is 1. The maximum atomic E-state index is 11.9. The molecular weight excluding hydrogens is 377 g/mol. The zero-order valence-electron chi connectivity index (χ0n) is 14.1. The van der Waals surface area contributed by atoms with Crippen LogP contribution in [0.15, 0.2) is 18.2 Å². The zero-order chi connectivity index (χ0) is 16.5. The third-order valence-corrected chi connectivity index (χ3v) is 3.32. The van der Waals surface area contributed by atoms with E-state index in [-0.39, 0.29) is 43.2 Å². The first-order valence-electron chi connectivity index (χ1n) is 7.06. The van der Waals surface area contributed by atoms with Crippen LogP contribution in [-0.4, -0.2) is 57.8 Å². The summed E-state index contributed by atoms with van der Waals surface area (Å²) in [5.74, 6) is 0.424. The highest BCUT2D eigenvalue weighted by Gasteiger charge is 2.12. The van der Waals surface area contributed by atoms with E-state index in [1.165, 1.54) is 7.11 Å². The molecule has 1 unspecified atom stereocenters. The average molecular weight is 403 g/mol. The normalized spacial score (nSPS) is 11.2. The van der Waals surface area contributed by atoms with Crippen LogP contribution in [0.2, 0.25) is 5.02 Å². The summed E-state index contributed by atoms with van der Waals surface area (Å²) < 4.78 is 10.7. The van der Waals surface area contributed by atoms with Crippen LogP contribution in [-0.2, 0) is 9.53 Å². The molecule has 0 fully saturated rings. The number of halogens is 3. The number of hydrogen-bond acceptors (Lipinski definition) is 5. The molecule has 1 rings (SSSR count). The van der Waals surface area contributed by atoms with Gasteiger partial charge in [-0.05, 0) is 32.3 Å². The first-order chi connectivity index (χ1) is 10.5. The molecule has 0 spiro atoms. The monoisotopic (exact) mass is 401 g/mol. The molecule has 24 heavy (non-hydrogen) atoms. The third-order valence-electron chi connectivity index (χ3n) is 3.02. The Kier molecular flexibility index (Phi) is 14.4. The number of hydrogen-bond donors (Lipinski definition) is 2. The molecule has 0 saturated carbocycles. The lowest BCUT2D eigenvalue weighted by molar-refractivity contribution is -0.118. The molecule has 0 bridgehead atoms. The molecule has 1 amide bonds. The molecule has 0 aliphatic carbocycles. The topological polar surface area (TPSA) is 76.8 Å². The first-order valence-corrected chi connectivity index (χ1v) is 7.43. The standard InChI is InChI=1S/C15H24ClN3O3.2ClH/c1-19(2)6-7-22-14-5-4-11(8-13(14)16)18-15(20)9-12(10-17)21-3;;/h4-5,8,12H,6-7,9-10,17H2,1-3H3,(H,18,20);2*1H. The van der Waals surface area contributed by atoms with Crippen molar-refractivity contribution < 1.29 is 14.3 Å². The van der Waals surface area contributed by atoms with Gasteiger partial charge in [0.1, 0.15) is 12.4 Å². The van der Waals surface area contributed by atoms with Crippen molar-refractivity contribution in [2.75, 3.05) is 46.2 Å². The highest BCUT2D eigenvalue weighted by atomic mass is 35.5. The molecule has 0 aliphatic heterocycles. The van der Waals surface area contributed by atoms with Gasteiger partial charge in [0.15, 0.2) is 0 Å². The maximum absolute atomic E-state index is 11.9. The molecule has 3 N–H and O–H groups in total. The average Bonchev–Trinajstić information content (AvgIpc) is 2.46. The van der Waals surface area contributed by atoms with Gasteiger partial charge in [-0.1, -0.05) is 11.6 Å². The molecule has 0 aromatic heterocycles. The van der Waals surface area contributed by atoms with E-state index in [1.807, 2.05) is 19.0 Å². The molecule has 9 heteroatoms. The number of ether oxygens (including phenoxy) is 2. The largest absolute Gasteiger partial charge is 0.491 e. The lowest BCUT2D eigenvalue weighted by Crippen LogP contribution is -2.28. The quantitative estimate of drug-likeness (QED) is 0.663. The summed E-state index contributed by atoms with van der Waals surface area (Å²) in [6.07, 6.45) is -0.0878. The van der Waals surface area contributed by atoms with Gasteiger partial charge in [-0.2, -0.15) is 0 Å². The van der Waals surface area contributed by atoms with Crippen LogP contribution in [0.4, 0.5) is 5.69 Å². The number of nitrogens with zero attached hydrogens (tertiary/aromatic N) is 1. The Hall–Kier alpha value is -0.760. The predicted octanol–water partition coefficient (Wildman–Crippen LogP) is 2.43. The van der Waals surface area contributed by atoms with Crippen LogP contribution in [0, 0.1) is 0 Å². The predicted molar refractivity (Wildman–Crippen MR) is 103 cm³/mol. The number of nitrogens with one attached hydrogen (secondary N) is 1. The minimum atomic E-state index is -0.288. The van der Waals surface area contributed by atoms with Crippen molar-refractivity contribution in [2.45, 2.75) is 12.5 Å². The number of nitrogens with two attached hydrogens (primary N) is 1. The Balaban J connectivity index is 0. The molecular formula is C15H26Cl3N3O3. The molecule has 1 aromatic carbocycles. The third kappa shape index (κ3) is 9.52. The smallest absolute Gasteiger partial charge is 0.227 e. The van der Waals surface area contributed by atoms with Gasteiger partial charge in [0.25, 0.3) is 0 Å². The van der Waals surface area contributed by atoms with Crippen molar-refractivity contribution in [3.8, 4) is 5.75 Å².